The molecule has 0 fully saturated rings. The molecule has 0 spiro atoms. The van der Waals surface area contributed by atoms with Gasteiger partial charge >= 0.3 is 0 Å². The van der Waals surface area contributed by atoms with E-state index in [0.29, 0.717) is 0 Å². The summed E-state index contributed by atoms with van der Waals surface area (Å²) in [6.45, 7) is 3.94. The van der Waals surface area contributed by atoms with Crippen LogP contribution in [0.5, 0.6) is 0 Å². The second-order valence-corrected chi connectivity index (χ2v) is 2.63. The van der Waals surface area contributed by atoms with Crippen molar-refractivity contribution in [1.29, 1.82) is 0 Å². The second-order valence-electron chi connectivity index (χ2n) is 2.63. The van der Waals surface area contributed by atoms with Crippen molar-refractivity contribution in [3.05, 3.63) is 29.3 Å². The van der Waals surface area contributed by atoms with Crippen molar-refractivity contribution in [3.63, 3.8) is 0 Å². The number of hydrogen-bond donors (Lipinski definition) is 0. The third-order valence-electron chi connectivity index (χ3n) is 1.68. The Hall–Kier alpha value is -0.920. The van der Waals surface area contributed by atoms with Crippen LogP contribution in [0.1, 0.15) is 24.6 Å². The Morgan fingerprint density at radius 2 is 2.18 bits per heavy atom. The van der Waals surface area contributed by atoms with Crippen LogP contribution in [0.2, 0.25) is 0 Å². The van der Waals surface area contributed by atoms with E-state index in [1.54, 1.807) is 6.07 Å². The van der Waals surface area contributed by atoms with E-state index in [1.807, 2.05) is 6.92 Å². The average Bonchev–Trinajstić information content (AvgIpc) is 1.95. The fraction of sp³-hybridized carbons (Fsp3) is 0.444. The molecular weight excluding hydrogens is 141 g/mol. The van der Waals surface area contributed by atoms with E-state index in [2.05, 4.69) is 11.9 Å². The minimum Gasteiger partial charge on any atom is -0.225 e. The van der Waals surface area contributed by atoms with Gasteiger partial charge in [0, 0.05) is 5.69 Å². The lowest BCUT2D eigenvalue weighted by atomic mass is 10.1. The van der Waals surface area contributed by atoms with Crippen molar-refractivity contribution in [1.82, 2.24) is 4.98 Å². The molecule has 60 valence electrons. The Kier molecular flexibility index (Phi) is 2.58. The fourth-order valence-corrected chi connectivity index (χ4v) is 1.09. The summed E-state index contributed by atoms with van der Waals surface area (Å²) in [6.07, 6.45) is 2.06. The van der Waals surface area contributed by atoms with Gasteiger partial charge in [-0.2, -0.15) is 4.39 Å². The Morgan fingerprint density at radius 3 is 2.73 bits per heavy atom. The maximum absolute atomic E-state index is 12.5. The van der Waals surface area contributed by atoms with Gasteiger partial charge in [0.05, 0.1) is 0 Å². The molecule has 11 heavy (non-hydrogen) atoms. The molecule has 1 aromatic rings. The molecule has 0 N–H and O–H groups in total. The summed E-state index contributed by atoms with van der Waals surface area (Å²) in [4.78, 5) is 3.73. The number of pyridine rings is 1. The fourth-order valence-electron chi connectivity index (χ4n) is 1.09. The molecule has 1 aromatic heterocycles. The number of rotatable bonds is 2. The summed E-state index contributed by atoms with van der Waals surface area (Å²) in [5.74, 6) is -0.387. The summed E-state index contributed by atoms with van der Waals surface area (Å²) in [7, 11) is 0. The van der Waals surface area contributed by atoms with Crippen LogP contribution < -0.4 is 0 Å². The normalized spacial score (nSPS) is 10.1. The standard InChI is InChI=1S/C9H12FN/c1-3-4-8-5-6-9(10)11-7(8)2/h5-6H,3-4H2,1-2H3. The first-order valence-electron chi connectivity index (χ1n) is 3.86. The molecule has 1 rings (SSSR count). The maximum atomic E-state index is 12.5. The van der Waals surface area contributed by atoms with Crippen LogP contribution in [0.25, 0.3) is 0 Å². The lowest BCUT2D eigenvalue weighted by Crippen LogP contribution is -1.94. The van der Waals surface area contributed by atoms with Crippen LogP contribution in [0.15, 0.2) is 12.1 Å². The summed E-state index contributed by atoms with van der Waals surface area (Å²) in [5, 5.41) is 0. The molecule has 2 heteroatoms. The highest BCUT2D eigenvalue weighted by atomic mass is 19.1. The maximum Gasteiger partial charge on any atom is 0.213 e. The van der Waals surface area contributed by atoms with Crippen molar-refractivity contribution in [3.8, 4) is 0 Å². The number of nitrogens with zero attached hydrogens (tertiary/aromatic N) is 1. The zero-order chi connectivity index (χ0) is 8.27. The van der Waals surface area contributed by atoms with Crippen molar-refractivity contribution in [2.45, 2.75) is 26.7 Å². The molecule has 0 aromatic carbocycles. The molecule has 0 saturated carbocycles. The number of aromatic nitrogens is 1. The zero-order valence-electron chi connectivity index (χ0n) is 6.89. The summed E-state index contributed by atoms with van der Waals surface area (Å²) < 4.78 is 12.5. The molecule has 0 aliphatic heterocycles. The van der Waals surface area contributed by atoms with Crippen LogP contribution in [-0.2, 0) is 6.42 Å². The predicted molar refractivity (Wildman–Crippen MR) is 42.9 cm³/mol. The van der Waals surface area contributed by atoms with Gasteiger partial charge in [0.2, 0.25) is 5.95 Å². The van der Waals surface area contributed by atoms with Gasteiger partial charge in [-0.15, -0.1) is 0 Å². The Balaban J connectivity index is 2.90. The van der Waals surface area contributed by atoms with Crippen molar-refractivity contribution in [2.24, 2.45) is 0 Å². The lowest BCUT2D eigenvalue weighted by Gasteiger charge is -2.01. The third kappa shape index (κ3) is 2.00. The molecule has 0 aliphatic rings. The number of aryl methyl sites for hydroxylation is 2. The molecule has 0 unspecified atom stereocenters. The molecule has 0 bridgehead atoms. The first-order chi connectivity index (χ1) is 5.24. The molecule has 0 atom stereocenters. The zero-order valence-corrected chi connectivity index (χ0v) is 6.89. The van der Waals surface area contributed by atoms with E-state index in [9.17, 15) is 4.39 Å². The van der Waals surface area contributed by atoms with Gasteiger partial charge < -0.3 is 0 Å². The van der Waals surface area contributed by atoms with Crippen LogP contribution in [0.3, 0.4) is 0 Å². The first-order valence-corrected chi connectivity index (χ1v) is 3.86. The molecule has 0 saturated heterocycles. The van der Waals surface area contributed by atoms with Crippen molar-refractivity contribution >= 4 is 0 Å². The van der Waals surface area contributed by atoms with Crippen LogP contribution in [0, 0.1) is 12.9 Å². The van der Waals surface area contributed by atoms with Gasteiger partial charge in [-0.3, -0.25) is 0 Å². The van der Waals surface area contributed by atoms with E-state index in [1.165, 1.54) is 6.07 Å². The SMILES string of the molecule is CCCc1ccc(F)nc1C. The minimum absolute atomic E-state index is 0.387. The topological polar surface area (TPSA) is 12.9 Å². The molecule has 1 heterocycles. The van der Waals surface area contributed by atoms with Crippen molar-refractivity contribution < 1.29 is 4.39 Å². The summed E-state index contributed by atoms with van der Waals surface area (Å²) >= 11 is 0. The van der Waals surface area contributed by atoms with Gasteiger partial charge in [-0.25, -0.2) is 4.98 Å². The number of halogens is 1. The van der Waals surface area contributed by atoms with Gasteiger partial charge in [-0.05, 0) is 25.0 Å². The van der Waals surface area contributed by atoms with E-state index < -0.39 is 0 Å². The molecule has 1 nitrogen and oxygen atoms in total. The lowest BCUT2D eigenvalue weighted by molar-refractivity contribution is 0.577. The van der Waals surface area contributed by atoms with E-state index >= 15 is 0 Å². The Morgan fingerprint density at radius 1 is 1.45 bits per heavy atom. The third-order valence-corrected chi connectivity index (χ3v) is 1.68. The van der Waals surface area contributed by atoms with Crippen molar-refractivity contribution in [2.75, 3.05) is 0 Å². The highest BCUT2D eigenvalue weighted by molar-refractivity contribution is 5.18. The van der Waals surface area contributed by atoms with Gasteiger partial charge in [-0.1, -0.05) is 19.4 Å². The Bertz CT molecular complexity index is 245. The van der Waals surface area contributed by atoms with E-state index in [0.717, 1.165) is 24.1 Å². The summed E-state index contributed by atoms with van der Waals surface area (Å²) in [6, 6.07) is 3.22. The summed E-state index contributed by atoms with van der Waals surface area (Å²) in [5.41, 5.74) is 1.96. The highest BCUT2D eigenvalue weighted by Crippen LogP contribution is 2.07. The van der Waals surface area contributed by atoms with Crippen LogP contribution in [0.4, 0.5) is 4.39 Å². The van der Waals surface area contributed by atoms with Gasteiger partial charge in [0.1, 0.15) is 0 Å². The van der Waals surface area contributed by atoms with E-state index in [-0.39, 0.29) is 5.95 Å². The average molecular weight is 153 g/mol. The van der Waals surface area contributed by atoms with Crippen LogP contribution >= 0.6 is 0 Å². The quantitative estimate of drug-likeness (QED) is 0.595. The first kappa shape index (κ1) is 8.18. The molecule has 0 radical (unpaired) electrons. The second kappa shape index (κ2) is 3.46. The van der Waals surface area contributed by atoms with Gasteiger partial charge in [0.15, 0.2) is 0 Å². The molecule has 0 amide bonds. The molecular formula is C9H12FN. The Labute approximate surface area is 66.3 Å². The minimum atomic E-state index is -0.387. The monoisotopic (exact) mass is 153 g/mol. The smallest absolute Gasteiger partial charge is 0.213 e. The predicted octanol–water partition coefficient (Wildman–Crippen LogP) is 2.48. The largest absolute Gasteiger partial charge is 0.225 e. The van der Waals surface area contributed by atoms with Gasteiger partial charge in [0.25, 0.3) is 0 Å². The molecule has 0 aliphatic carbocycles. The number of hydrogen-bond acceptors (Lipinski definition) is 1. The van der Waals surface area contributed by atoms with Crippen LogP contribution in [-0.4, -0.2) is 4.98 Å². The highest BCUT2D eigenvalue weighted by Gasteiger charge is 1.98. The van der Waals surface area contributed by atoms with E-state index in [4.69, 9.17) is 0 Å².